The van der Waals surface area contributed by atoms with Crippen molar-refractivity contribution in [1.29, 1.82) is 10.5 Å². The van der Waals surface area contributed by atoms with Crippen LogP contribution in [0.4, 0.5) is 0 Å². The average molecular weight is 170 g/mol. The van der Waals surface area contributed by atoms with Gasteiger partial charge in [-0.15, -0.1) is 0 Å². The summed E-state index contributed by atoms with van der Waals surface area (Å²) in [4.78, 5) is 11.4. The molecule has 62 valence electrons. The number of hydrogen-bond donors (Lipinski definition) is 0. The smallest absolute Gasteiger partial charge is 0.195 e. The lowest BCUT2D eigenvalue weighted by molar-refractivity contribution is 0.0971. The number of hydrogen-bond acceptors (Lipinski definition) is 3. The summed E-state index contributed by atoms with van der Waals surface area (Å²) in [5, 5.41) is 16.9. The van der Waals surface area contributed by atoms with Gasteiger partial charge in [-0.25, -0.2) is 0 Å². The molecule has 0 saturated carbocycles. The molecule has 0 amide bonds. The number of carbonyl (C=O) groups is 1. The molecule has 0 heterocycles. The van der Waals surface area contributed by atoms with Crippen molar-refractivity contribution in [2.45, 2.75) is 0 Å². The van der Waals surface area contributed by atoms with Crippen molar-refractivity contribution in [3.8, 4) is 12.1 Å². The highest BCUT2D eigenvalue weighted by Gasteiger charge is 2.17. The molecule has 1 aromatic carbocycles. The minimum atomic E-state index is -1.19. The molecule has 0 spiro atoms. The second-order valence-corrected chi connectivity index (χ2v) is 2.42. The number of rotatable bonds is 2. The fraction of sp³-hybridized carbons (Fsp3) is 0.100. The quantitative estimate of drug-likeness (QED) is 0.632. The van der Waals surface area contributed by atoms with Crippen molar-refractivity contribution in [2.75, 3.05) is 0 Å². The van der Waals surface area contributed by atoms with Gasteiger partial charge in [0.2, 0.25) is 0 Å². The molecule has 3 nitrogen and oxygen atoms in total. The molecule has 0 bridgehead atoms. The van der Waals surface area contributed by atoms with E-state index >= 15 is 0 Å². The monoisotopic (exact) mass is 170 g/mol. The zero-order chi connectivity index (χ0) is 9.68. The van der Waals surface area contributed by atoms with E-state index in [1.54, 1.807) is 42.5 Å². The predicted octanol–water partition coefficient (Wildman–Crippen LogP) is 1.53. The number of benzene rings is 1. The van der Waals surface area contributed by atoms with Crippen molar-refractivity contribution in [2.24, 2.45) is 5.92 Å². The summed E-state index contributed by atoms with van der Waals surface area (Å²) >= 11 is 0. The van der Waals surface area contributed by atoms with Crippen molar-refractivity contribution >= 4 is 5.78 Å². The third-order valence-electron chi connectivity index (χ3n) is 1.58. The van der Waals surface area contributed by atoms with E-state index in [2.05, 4.69) is 0 Å². The van der Waals surface area contributed by atoms with E-state index in [4.69, 9.17) is 10.5 Å². The van der Waals surface area contributed by atoms with E-state index in [0.29, 0.717) is 5.56 Å². The molecule has 0 radical (unpaired) electrons. The van der Waals surface area contributed by atoms with Crippen LogP contribution in [-0.2, 0) is 0 Å². The van der Waals surface area contributed by atoms with Gasteiger partial charge in [0.05, 0.1) is 12.1 Å². The van der Waals surface area contributed by atoms with E-state index in [1.165, 1.54) is 0 Å². The van der Waals surface area contributed by atoms with Crippen LogP contribution in [0.5, 0.6) is 0 Å². The predicted molar refractivity (Wildman–Crippen MR) is 45.5 cm³/mol. The molecular formula is C10H6N2O. The Bertz CT molecular complexity index is 370. The molecule has 0 unspecified atom stereocenters. The Hall–Kier alpha value is -2.13. The lowest BCUT2D eigenvalue weighted by atomic mass is 10.0. The van der Waals surface area contributed by atoms with Gasteiger partial charge < -0.3 is 0 Å². The first-order valence-corrected chi connectivity index (χ1v) is 3.68. The molecular weight excluding hydrogens is 164 g/mol. The van der Waals surface area contributed by atoms with Crippen LogP contribution in [0.2, 0.25) is 0 Å². The largest absolute Gasteiger partial charge is 0.291 e. The zero-order valence-corrected chi connectivity index (χ0v) is 6.77. The van der Waals surface area contributed by atoms with E-state index < -0.39 is 11.7 Å². The summed E-state index contributed by atoms with van der Waals surface area (Å²) in [7, 11) is 0. The third-order valence-corrected chi connectivity index (χ3v) is 1.58. The fourth-order valence-corrected chi connectivity index (χ4v) is 0.915. The Balaban J connectivity index is 2.95. The van der Waals surface area contributed by atoms with E-state index in [1.807, 2.05) is 0 Å². The maximum absolute atomic E-state index is 11.4. The summed E-state index contributed by atoms with van der Waals surface area (Å²) in [5.41, 5.74) is 0.399. The van der Waals surface area contributed by atoms with E-state index in [-0.39, 0.29) is 0 Å². The van der Waals surface area contributed by atoms with Crippen LogP contribution in [-0.4, -0.2) is 5.78 Å². The van der Waals surface area contributed by atoms with Crippen molar-refractivity contribution in [1.82, 2.24) is 0 Å². The molecule has 0 aliphatic carbocycles. The van der Waals surface area contributed by atoms with Crippen LogP contribution < -0.4 is 0 Å². The van der Waals surface area contributed by atoms with Gasteiger partial charge in [0.25, 0.3) is 0 Å². The van der Waals surface area contributed by atoms with Gasteiger partial charge in [0.15, 0.2) is 11.7 Å². The Labute approximate surface area is 75.8 Å². The lowest BCUT2D eigenvalue weighted by Crippen LogP contribution is -2.10. The number of nitriles is 2. The first-order chi connectivity index (χ1) is 6.29. The molecule has 0 N–H and O–H groups in total. The standard InChI is InChI=1S/C10H6N2O/c11-6-9(7-12)10(13)8-4-2-1-3-5-8/h1-5,9H. The van der Waals surface area contributed by atoms with Gasteiger partial charge >= 0.3 is 0 Å². The summed E-state index contributed by atoms with van der Waals surface area (Å²) in [6.45, 7) is 0. The minimum Gasteiger partial charge on any atom is -0.291 e. The second kappa shape index (κ2) is 4.04. The first kappa shape index (κ1) is 8.96. The van der Waals surface area contributed by atoms with E-state index in [0.717, 1.165) is 0 Å². The second-order valence-electron chi connectivity index (χ2n) is 2.42. The van der Waals surface area contributed by atoms with Crippen LogP contribution in [0.1, 0.15) is 10.4 Å². The van der Waals surface area contributed by atoms with Crippen LogP contribution in [0.15, 0.2) is 30.3 Å². The molecule has 0 aliphatic rings. The number of ketones is 1. The highest BCUT2D eigenvalue weighted by molar-refractivity contribution is 6.00. The van der Waals surface area contributed by atoms with Crippen LogP contribution in [0.25, 0.3) is 0 Å². The fourth-order valence-electron chi connectivity index (χ4n) is 0.915. The van der Waals surface area contributed by atoms with Gasteiger partial charge in [0.1, 0.15) is 0 Å². The Kier molecular flexibility index (Phi) is 2.78. The van der Waals surface area contributed by atoms with Gasteiger partial charge in [-0.05, 0) is 0 Å². The number of carbonyl (C=O) groups excluding carboxylic acids is 1. The van der Waals surface area contributed by atoms with Gasteiger partial charge in [-0.1, -0.05) is 30.3 Å². The van der Waals surface area contributed by atoms with Crippen molar-refractivity contribution in [3.05, 3.63) is 35.9 Å². The zero-order valence-electron chi connectivity index (χ0n) is 6.77. The lowest BCUT2D eigenvalue weighted by Gasteiger charge is -1.98. The minimum absolute atomic E-state index is 0.399. The van der Waals surface area contributed by atoms with Gasteiger partial charge in [-0.2, -0.15) is 10.5 Å². The van der Waals surface area contributed by atoms with Crippen LogP contribution in [0, 0.1) is 28.6 Å². The van der Waals surface area contributed by atoms with Gasteiger partial charge in [-0.3, -0.25) is 4.79 Å². The Morgan fingerprint density at radius 2 is 1.69 bits per heavy atom. The summed E-state index contributed by atoms with van der Waals surface area (Å²) in [5.74, 6) is -1.63. The molecule has 13 heavy (non-hydrogen) atoms. The Morgan fingerprint density at radius 3 is 2.15 bits per heavy atom. The maximum atomic E-state index is 11.4. The Morgan fingerprint density at radius 1 is 1.15 bits per heavy atom. The van der Waals surface area contributed by atoms with Gasteiger partial charge in [0, 0.05) is 5.56 Å². The van der Waals surface area contributed by atoms with Crippen molar-refractivity contribution in [3.63, 3.8) is 0 Å². The first-order valence-electron chi connectivity index (χ1n) is 3.68. The summed E-state index contributed by atoms with van der Waals surface area (Å²) in [6, 6.07) is 11.6. The average Bonchev–Trinajstić information content (AvgIpc) is 2.21. The number of Topliss-reactive ketones (excluding diaryl/α,β-unsaturated/α-hetero) is 1. The molecule has 0 saturated heterocycles. The van der Waals surface area contributed by atoms with Crippen LogP contribution >= 0.6 is 0 Å². The molecule has 0 fully saturated rings. The topological polar surface area (TPSA) is 64.7 Å². The summed E-state index contributed by atoms with van der Waals surface area (Å²) < 4.78 is 0. The maximum Gasteiger partial charge on any atom is 0.195 e. The van der Waals surface area contributed by atoms with Crippen LogP contribution in [0.3, 0.4) is 0 Å². The normalized spacial score (nSPS) is 8.85. The molecule has 0 aliphatic heterocycles. The highest BCUT2D eigenvalue weighted by Crippen LogP contribution is 2.06. The van der Waals surface area contributed by atoms with E-state index in [9.17, 15) is 4.79 Å². The van der Waals surface area contributed by atoms with Crippen molar-refractivity contribution < 1.29 is 4.79 Å². The third kappa shape index (κ3) is 1.91. The molecule has 1 aromatic rings. The highest BCUT2D eigenvalue weighted by atomic mass is 16.1. The SMILES string of the molecule is N#CC(C#N)C(=O)c1ccccc1. The molecule has 3 heteroatoms. The summed E-state index contributed by atoms with van der Waals surface area (Å²) in [6.07, 6.45) is 0. The molecule has 0 aromatic heterocycles. The molecule has 1 rings (SSSR count). The number of nitrogens with zero attached hydrogens (tertiary/aromatic N) is 2. The molecule has 0 atom stereocenters.